The van der Waals surface area contributed by atoms with Crippen LogP contribution in [0, 0.1) is 6.92 Å². The smallest absolute Gasteiger partial charge is 0.335 e. The minimum absolute atomic E-state index is 0. The second kappa shape index (κ2) is 4.93. The number of carbonyl (C=O) groups is 2. The maximum absolute atomic E-state index is 10.6. The van der Waals surface area contributed by atoms with Gasteiger partial charge in [0.25, 0.3) is 0 Å². The van der Waals surface area contributed by atoms with Crippen molar-refractivity contribution in [3.63, 3.8) is 0 Å². The first-order valence-electron chi connectivity index (χ1n) is 3.59. The summed E-state index contributed by atoms with van der Waals surface area (Å²) in [6.45, 7) is 1.62. The van der Waals surface area contributed by atoms with E-state index in [1.54, 1.807) is 6.92 Å². The fraction of sp³-hybridized carbons (Fsp3) is 0.111. The van der Waals surface area contributed by atoms with Gasteiger partial charge in [-0.15, -0.1) is 0 Å². The molecule has 0 radical (unpaired) electrons. The van der Waals surface area contributed by atoms with Gasteiger partial charge in [-0.05, 0) is 24.6 Å². The number of aryl methyl sites for hydroxylation is 1. The maximum Gasteiger partial charge on any atom is 0.335 e. The molecule has 1 aromatic rings. The standard InChI is InChI=1S/C9H8O4.Ti/c1-5-2-3-6(8(10)11)4-7(5)9(12)13;/h2-4H,1H3,(H,10,11)(H,12,13);. The van der Waals surface area contributed by atoms with E-state index in [1.165, 1.54) is 12.1 Å². The summed E-state index contributed by atoms with van der Waals surface area (Å²) in [7, 11) is 0. The van der Waals surface area contributed by atoms with E-state index in [-0.39, 0.29) is 32.8 Å². The average Bonchev–Trinajstić information content (AvgIpc) is 2.04. The van der Waals surface area contributed by atoms with Crippen LogP contribution in [-0.4, -0.2) is 22.2 Å². The number of rotatable bonds is 2. The largest absolute Gasteiger partial charge is 0.478 e. The Bertz CT molecular complexity index is 373. The topological polar surface area (TPSA) is 74.6 Å². The van der Waals surface area contributed by atoms with Crippen LogP contribution < -0.4 is 0 Å². The molecule has 1 aromatic carbocycles. The number of carboxylic acids is 2. The van der Waals surface area contributed by atoms with Gasteiger partial charge >= 0.3 is 11.9 Å². The Labute approximate surface area is 95.4 Å². The van der Waals surface area contributed by atoms with Gasteiger partial charge in [0.15, 0.2) is 0 Å². The van der Waals surface area contributed by atoms with Crippen molar-refractivity contribution in [2.75, 3.05) is 0 Å². The van der Waals surface area contributed by atoms with Crippen LogP contribution in [-0.2, 0) is 21.7 Å². The third-order valence-corrected chi connectivity index (χ3v) is 1.71. The average molecular weight is 228 g/mol. The van der Waals surface area contributed by atoms with Crippen LogP contribution in [0.3, 0.4) is 0 Å². The molecule has 14 heavy (non-hydrogen) atoms. The van der Waals surface area contributed by atoms with E-state index in [2.05, 4.69) is 0 Å². The molecular formula is C9H8O4Ti. The van der Waals surface area contributed by atoms with E-state index in [0.717, 1.165) is 6.07 Å². The predicted molar refractivity (Wildman–Crippen MR) is 45.1 cm³/mol. The molecule has 0 amide bonds. The Morgan fingerprint density at radius 3 is 2.14 bits per heavy atom. The Morgan fingerprint density at radius 1 is 1.14 bits per heavy atom. The predicted octanol–water partition coefficient (Wildman–Crippen LogP) is 1.39. The van der Waals surface area contributed by atoms with Gasteiger partial charge in [0, 0.05) is 21.7 Å². The first-order valence-corrected chi connectivity index (χ1v) is 3.59. The Hall–Kier alpha value is -1.13. The van der Waals surface area contributed by atoms with Crippen LogP contribution in [0.15, 0.2) is 18.2 Å². The first kappa shape index (κ1) is 12.9. The fourth-order valence-electron chi connectivity index (χ4n) is 0.985. The molecule has 0 bridgehead atoms. The molecule has 0 saturated carbocycles. The first-order chi connectivity index (χ1) is 6.02. The molecule has 0 aromatic heterocycles. The zero-order valence-corrected chi connectivity index (χ0v) is 9.00. The van der Waals surface area contributed by atoms with Gasteiger partial charge < -0.3 is 10.2 Å². The van der Waals surface area contributed by atoms with Gasteiger partial charge in [0.1, 0.15) is 0 Å². The molecule has 0 fully saturated rings. The Kier molecular flexibility index (Phi) is 4.53. The van der Waals surface area contributed by atoms with E-state index >= 15 is 0 Å². The number of hydrogen-bond donors (Lipinski definition) is 2. The third-order valence-electron chi connectivity index (χ3n) is 1.71. The summed E-state index contributed by atoms with van der Waals surface area (Å²) < 4.78 is 0. The van der Waals surface area contributed by atoms with Gasteiger partial charge in [-0.3, -0.25) is 0 Å². The van der Waals surface area contributed by atoms with Crippen LogP contribution in [0.1, 0.15) is 26.3 Å². The second-order valence-electron chi connectivity index (χ2n) is 2.64. The van der Waals surface area contributed by atoms with Gasteiger partial charge in [0.05, 0.1) is 11.1 Å². The van der Waals surface area contributed by atoms with E-state index in [1.807, 2.05) is 0 Å². The molecule has 2 N–H and O–H groups in total. The number of hydrogen-bond acceptors (Lipinski definition) is 2. The zero-order valence-electron chi connectivity index (χ0n) is 7.44. The van der Waals surface area contributed by atoms with E-state index in [0.29, 0.717) is 5.56 Å². The summed E-state index contributed by atoms with van der Waals surface area (Å²) in [5, 5.41) is 17.3. The Balaban J connectivity index is 0.00000169. The summed E-state index contributed by atoms with van der Waals surface area (Å²) in [4.78, 5) is 21.1. The van der Waals surface area contributed by atoms with Crippen molar-refractivity contribution in [2.45, 2.75) is 6.92 Å². The summed E-state index contributed by atoms with van der Waals surface area (Å²) in [5.41, 5.74) is 0.570. The molecule has 0 spiro atoms. The minimum atomic E-state index is -1.12. The van der Waals surface area contributed by atoms with Crippen molar-refractivity contribution in [3.05, 3.63) is 34.9 Å². The molecule has 5 heteroatoms. The van der Waals surface area contributed by atoms with Crippen LogP contribution >= 0.6 is 0 Å². The molecule has 0 aliphatic carbocycles. The number of carboxylic acid groups (broad SMARTS) is 2. The van der Waals surface area contributed by atoms with Gasteiger partial charge in [-0.25, -0.2) is 9.59 Å². The van der Waals surface area contributed by atoms with Gasteiger partial charge in [-0.2, -0.15) is 0 Å². The van der Waals surface area contributed by atoms with Crippen molar-refractivity contribution >= 4 is 11.9 Å². The third kappa shape index (κ3) is 2.68. The molecule has 0 unspecified atom stereocenters. The second-order valence-corrected chi connectivity index (χ2v) is 2.64. The van der Waals surface area contributed by atoms with E-state index in [4.69, 9.17) is 10.2 Å². The van der Waals surface area contributed by atoms with Gasteiger partial charge in [-0.1, -0.05) is 6.07 Å². The molecule has 0 aliphatic rings. The summed E-state index contributed by atoms with van der Waals surface area (Å²) >= 11 is 0. The van der Waals surface area contributed by atoms with E-state index in [9.17, 15) is 9.59 Å². The van der Waals surface area contributed by atoms with Crippen molar-refractivity contribution in [1.29, 1.82) is 0 Å². The van der Waals surface area contributed by atoms with Crippen molar-refractivity contribution in [1.82, 2.24) is 0 Å². The zero-order chi connectivity index (χ0) is 10.0. The molecule has 0 aliphatic heterocycles. The molecule has 0 saturated heterocycles. The van der Waals surface area contributed by atoms with Crippen LogP contribution in [0.5, 0.6) is 0 Å². The summed E-state index contributed by atoms with van der Waals surface area (Å²) in [6, 6.07) is 4.01. The normalized spacial score (nSPS) is 8.93. The molecule has 4 nitrogen and oxygen atoms in total. The molecule has 0 heterocycles. The molecule has 1 rings (SSSR count). The summed E-state index contributed by atoms with van der Waals surface area (Å²) in [6.07, 6.45) is 0. The SMILES string of the molecule is Cc1ccc(C(=O)O)cc1C(=O)O.[Ti]. The number of aromatic carboxylic acids is 2. The monoisotopic (exact) mass is 228 g/mol. The van der Waals surface area contributed by atoms with Crippen LogP contribution in [0.4, 0.5) is 0 Å². The van der Waals surface area contributed by atoms with Gasteiger partial charge in [0.2, 0.25) is 0 Å². The minimum Gasteiger partial charge on any atom is -0.478 e. The molecule has 0 atom stereocenters. The summed E-state index contributed by atoms with van der Waals surface area (Å²) in [5.74, 6) is -2.23. The Morgan fingerprint density at radius 2 is 1.71 bits per heavy atom. The van der Waals surface area contributed by atoms with Crippen molar-refractivity contribution in [2.24, 2.45) is 0 Å². The molecular weight excluding hydrogens is 220 g/mol. The fourth-order valence-corrected chi connectivity index (χ4v) is 0.985. The maximum atomic E-state index is 10.6. The van der Waals surface area contributed by atoms with Crippen molar-refractivity contribution < 1.29 is 41.5 Å². The van der Waals surface area contributed by atoms with Crippen LogP contribution in [0.25, 0.3) is 0 Å². The van der Waals surface area contributed by atoms with Crippen LogP contribution in [0.2, 0.25) is 0 Å². The molecule has 72 valence electrons. The van der Waals surface area contributed by atoms with Crippen molar-refractivity contribution in [3.8, 4) is 0 Å². The quantitative estimate of drug-likeness (QED) is 0.750. The van der Waals surface area contributed by atoms with E-state index < -0.39 is 11.9 Å². The number of benzene rings is 1.